The van der Waals surface area contributed by atoms with E-state index in [2.05, 4.69) is 12.4 Å². The van der Waals surface area contributed by atoms with Crippen LogP contribution < -0.4 is 15.1 Å². The number of amides is 1. The quantitative estimate of drug-likeness (QED) is 0.617. The van der Waals surface area contributed by atoms with Crippen LogP contribution in [0.5, 0.6) is 0 Å². The molecule has 0 aliphatic carbocycles. The van der Waals surface area contributed by atoms with Crippen molar-refractivity contribution in [2.75, 3.05) is 38.5 Å². The molecule has 0 aromatic heterocycles. The number of hydrogen-bond donors (Lipinski definition) is 3. The van der Waals surface area contributed by atoms with Crippen LogP contribution in [0.2, 0.25) is 0 Å². The van der Waals surface area contributed by atoms with Crippen LogP contribution in [0.15, 0.2) is 24.3 Å². The molecule has 1 aromatic carbocycles. The second kappa shape index (κ2) is 6.12. The molecule has 3 N–H and O–H groups in total. The Morgan fingerprint density at radius 2 is 1.89 bits per heavy atom. The van der Waals surface area contributed by atoms with Gasteiger partial charge in [0.15, 0.2) is 6.04 Å². The predicted octanol–water partition coefficient (Wildman–Crippen LogP) is -1.43. The fourth-order valence-corrected chi connectivity index (χ4v) is 2.42. The van der Waals surface area contributed by atoms with Crippen molar-refractivity contribution < 1.29 is 19.0 Å². The molecule has 5 heteroatoms. The smallest absolute Gasteiger partial charge is 0.282 e. The highest BCUT2D eigenvalue weighted by molar-refractivity contribution is 5.93. The molecule has 1 aliphatic heterocycles. The third-order valence-corrected chi connectivity index (χ3v) is 3.88. The van der Waals surface area contributed by atoms with Gasteiger partial charge in [-0.3, -0.25) is 4.79 Å². The Kier molecular flexibility index (Phi) is 4.50. The lowest BCUT2D eigenvalue weighted by Crippen LogP contribution is -3.29. The van der Waals surface area contributed by atoms with Gasteiger partial charge in [-0.05, 0) is 19.1 Å². The summed E-state index contributed by atoms with van der Waals surface area (Å²) >= 11 is 0. The lowest BCUT2D eigenvalue weighted by molar-refractivity contribution is -1.01. The van der Waals surface area contributed by atoms with Crippen molar-refractivity contribution in [2.24, 2.45) is 0 Å². The number of rotatable bonds is 3. The van der Waals surface area contributed by atoms with E-state index in [0.717, 1.165) is 26.2 Å². The molecule has 0 bridgehead atoms. The summed E-state index contributed by atoms with van der Waals surface area (Å²) in [5.74, 6) is -0.500. The number of benzene rings is 1. The summed E-state index contributed by atoms with van der Waals surface area (Å²) in [6.45, 7) is 6.03. The third-order valence-electron chi connectivity index (χ3n) is 3.88. The minimum Gasteiger partial charge on any atom is -0.328 e. The molecule has 0 radical (unpaired) electrons. The van der Waals surface area contributed by atoms with Gasteiger partial charge in [-0.1, -0.05) is 12.1 Å². The molecule has 1 aromatic rings. The lowest BCUT2D eigenvalue weighted by atomic mass is 10.2. The molecule has 1 aliphatic rings. The first-order valence-electron chi connectivity index (χ1n) is 6.79. The zero-order chi connectivity index (χ0) is 13.8. The first kappa shape index (κ1) is 14.0. The maximum absolute atomic E-state index is 13.5. The monoisotopic (exact) mass is 267 g/mol. The Labute approximate surface area is 113 Å². The Morgan fingerprint density at radius 3 is 2.53 bits per heavy atom. The summed E-state index contributed by atoms with van der Waals surface area (Å²) in [4.78, 5) is 14.9. The van der Waals surface area contributed by atoms with Gasteiger partial charge in [0.2, 0.25) is 0 Å². The molecule has 0 unspecified atom stereocenters. The summed E-state index contributed by atoms with van der Waals surface area (Å²) < 4.78 is 13.5. The second-order valence-electron chi connectivity index (χ2n) is 5.31. The van der Waals surface area contributed by atoms with Crippen molar-refractivity contribution in [1.82, 2.24) is 0 Å². The molecule has 1 atom stereocenters. The number of para-hydroxylation sites is 1. The third kappa shape index (κ3) is 3.52. The molecule has 0 saturated carbocycles. The highest BCUT2D eigenvalue weighted by Crippen LogP contribution is 2.12. The van der Waals surface area contributed by atoms with Gasteiger partial charge in [0.25, 0.3) is 5.91 Å². The summed E-state index contributed by atoms with van der Waals surface area (Å²) in [7, 11) is 2.17. The predicted molar refractivity (Wildman–Crippen MR) is 71.8 cm³/mol. The van der Waals surface area contributed by atoms with Gasteiger partial charge in [-0.2, -0.15) is 0 Å². The molecule has 1 heterocycles. The van der Waals surface area contributed by atoms with Crippen LogP contribution >= 0.6 is 0 Å². The van der Waals surface area contributed by atoms with Crippen molar-refractivity contribution in [3.8, 4) is 0 Å². The molecule has 1 saturated heterocycles. The van der Waals surface area contributed by atoms with Crippen LogP contribution in [0.25, 0.3) is 0 Å². The summed E-state index contributed by atoms with van der Waals surface area (Å²) in [5, 5.41) is 2.68. The summed E-state index contributed by atoms with van der Waals surface area (Å²) in [6.07, 6.45) is 0. The van der Waals surface area contributed by atoms with E-state index in [-0.39, 0.29) is 23.5 Å². The minimum absolute atomic E-state index is 0.111. The number of nitrogens with one attached hydrogen (secondary N) is 3. The van der Waals surface area contributed by atoms with Crippen LogP contribution in [-0.2, 0) is 4.79 Å². The maximum atomic E-state index is 13.5. The van der Waals surface area contributed by atoms with Gasteiger partial charge in [0, 0.05) is 0 Å². The lowest BCUT2D eigenvalue weighted by Gasteiger charge is -2.30. The number of carbonyl (C=O) groups is 1. The van der Waals surface area contributed by atoms with Crippen molar-refractivity contribution in [3.05, 3.63) is 30.1 Å². The van der Waals surface area contributed by atoms with Crippen LogP contribution in [0.4, 0.5) is 10.1 Å². The molecule has 0 spiro atoms. The van der Waals surface area contributed by atoms with Gasteiger partial charge in [0.1, 0.15) is 32.0 Å². The second-order valence-corrected chi connectivity index (χ2v) is 5.31. The first-order chi connectivity index (χ1) is 9.08. The minimum atomic E-state index is -0.388. The molecule has 2 rings (SSSR count). The summed E-state index contributed by atoms with van der Waals surface area (Å²) in [6, 6.07) is 6.13. The van der Waals surface area contributed by atoms with E-state index in [9.17, 15) is 9.18 Å². The highest BCUT2D eigenvalue weighted by atomic mass is 19.1. The van der Waals surface area contributed by atoms with Gasteiger partial charge in [0.05, 0.1) is 12.7 Å². The maximum Gasteiger partial charge on any atom is 0.282 e. The van der Waals surface area contributed by atoms with Crippen molar-refractivity contribution in [3.63, 3.8) is 0 Å². The van der Waals surface area contributed by atoms with Gasteiger partial charge in [-0.15, -0.1) is 0 Å². The first-order valence-corrected chi connectivity index (χ1v) is 6.79. The van der Waals surface area contributed by atoms with Gasteiger partial charge < -0.3 is 15.1 Å². The zero-order valence-corrected chi connectivity index (χ0v) is 11.5. The van der Waals surface area contributed by atoms with Crippen LogP contribution in [0.3, 0.4) is 0 Å². The Morgan fingerprint density at radius 1 is 1.26 bits per heavy atom. The average Bonchev–Trinajstić information content (AvgIpc) is 2.41. The number of halogens is 1. The van der Waals surface area contributed by atoms with Crippen LogP contribution in [-0.4, -0.2) is 45.2 Å². The van der Waals surface area contributed by atoms with Crippen molar-refractivity contribution in [2.45, 2.75) is 13.0 Å². The molecular formula is C14H22FN3O+2. The topological polar surface area (TPSA) is 38.0 Å². The molecule has 1 amide bonds. The average molecular weight is 267 g/mol. The fraction of sp³-hybridized carbons (Fsp3) is 0.500. The van der Waals surface area contributed by atoms with Crippen LogP contribution in [0.1, 0.15) is 6.92 Å². The van der Waals surface area contributed by atoms with Crippen molar-refractivity contribution >= 4 is 11.6 Å². The molecule has 1 fully saturated rings. The zero-order valence-electron chi connectivity index (χ0n) is 11.5. The van der Waals surface area contributed by atoms with Gasteiger partial charge in [-0.25, -0.2) is 4.39 Å². The van der Waals surface area contributed by atoms with E-state index in [1.807, 2.05) is 6.92 Å². The SMILES string of the molecule is C[C@@H](C(=O)Nc1ccccc1F)[NH+]1CC[NH+](C)CC1. The summed E-state index contributed by atoms with van der Waals surface area (Å²) in [5.41, 5.74) is 0.263. The van der Waals surface area contributed by atoms with E-state index >= 15 is 0 Å². The van der Waals surface area contributed by atoms with E-state index in [0.29, 0.717) is 0 Å². The molecule has 4 nitrogen and oxygen atoms in total. The number of hydrogen-bond acceptors (Lipinski definition) is 1. The van der Waals surface area contributed by atoms with Crippen LogP contribution in [0, 0.1) is 5.82 Å². The molecule has 104 valence electrons. The molecule has 19 heavy (non-hydrogen) atoms. The number of carbonyl (C=O) groups excluding carboxylic acids is 1. The van der Waals surface area contributed by atoms with E-state index in [1.165, 1.54) is 15.9 Å². The Balaban J connectivity index is 1.94. The van der Waals surface area contributed by atoms with E-state index in [1.54, 1.807) is 18.2 Å². The number of anilines is 1. The highest BCUT2D eigenvalue weighted by Gasteiger charge is 2.29. The number of quaternary nitrogens is 2. The number of likely N-dealkylation sites (N-methyl/N-ethyl adjacent to an activating group) is 1. The Hall–Kier alpha value is -1.46. The Bertz CT molecular complexity index is 444. The normalized spacial score (nSPS) is 24.8. The fourth-order valence-electron chi connectivity index (χ4n) is 2.42. The van der Waals surface area contributed by atoms with Crippen molar-refractivity contribution in [1.29, 1.82) is 0 Å². The van der Waals surface area contributed by atoms with Gasteiger partial charge >= 0.3 is 0 Å². The van der Waals surface area contributed by atoms with E-state index in [4.69, 9.17) is 0 Å². The van der Waals surface area contributed by atoms with E-state index < -0.39 is 0 Å². The standard InChI is InChI=1S/C14H20FN3O/c1-11(18-9-7-17(2)8-10-18)14(19)16-13-6-4-3-5-12(13)15/h3-6,11H,7-10H2,1-2H3,(H,16,19)/p+2/t11-/m0/s1. The number of piperazine rings is 1. The largest absolute Gasteiger partial charge is 0.328 e. The molecular weight excluding hydrogens is 245 g/mol.